The van der Waals surface area contributed by atoms with Gasteiger partial charge in [0.15, 0.2) is 0 Å². The first-order valence-corrected chi connectivity index (χ1v) is 7.76. The molecular weight excluding hydrogens is 306 g/mol. The minimum atomic E-state index is -0.502. The Morgan fingerprint density at radius 3 is 2.08 bits per heavy atom. The number of rotatable bonds is 6. The van der Waals surface area contributed by atoms with Crippen LogP contribution >= 0.6 is 0 Å². The highest BCUT2D eigenvalue weighted by Crippen LogP contribution is 2.32. The molecule has 0 aliphatic rings. The molecule has 128 valence electrons. The summed E-state index contributed by atoms with van der Waals surface area (Å²) in [7, 11) is 1.55. The smallest absolute Gasteiger partial charge is 0.411 e. The van der Waals surface area contributed by atoms with Gasteiger partial charge in [-0.15, -0.1) is 0 Å². The molecule has 0 aromatic heterocycles. The molecule has 0 unspecified atom stereocenters. The number of hydrogen-bond donors (Lipinski definition) is 2. The van der Waals surface area contributed by atoms with Gasteiger partial charge in [-0.1, -0.05) is 38.1 Å². The van der Waals surface area contributed by atoms with Crippen LogP contribution in [0.4, 0.5) is 10.5 Å². The van der Waals surface area contributed by atoms with Crippen LogP contribution in [0, 0.1) is 0 Å². The molecule has 0 aliphatic heterocycles. The fraction of sp³-hybridized carbons (Fsp3) is 0.316. The van der Waals surface area contributed by atoms with Crippen LogP contribution in [0.5, 0.6) is 5.75 Å². The van der Waals surface area contributed by atoms with E-state index in [9.17, 15) is 9.90 Å². The summed E-state index contributed by atoms with van der Waals surface area (Å²) in [5.74, 6) is 0.251. The fourth-order valence-corrected chi connectivity index (χ4v) is 2.39. The Bertz CT molecular complexity index is 663. The summed E-state index contributed by atoms with van der Waals surface area (Å²) in [6, 6.07) is 14.8. The van der Waals surface area contributed by atoms with E-state index in [-0.39, 0.29) is 17.8 Å². The SMILES string of the molecule is COCCOC(=O)Nc1ccc(C(C)(C)c2ccc(O)cc2)cc1. The maximum atomic E-state index is 11.6. The predicted octanol–water partition coefficient (Wildman–Crippen LogP) is 3.91. The lowest BCUT2D eigenvalue weighted by atomic mass is 9.78. The summed E-state index contributed by atoms with van der Waals surface area (Å²) in [6.07, 6.45) is -0.502. The lowest BCUT2D eigenvalue weighted by Gasteiger charge is -2.26. The second kappa shape index (κ2) is 7.84. The van der Waals surface area contributed by atoms with Crippen LogP contribution in [0.2, 0.25) is 0 Å². The molecule has 0 saturated carbocycles. The quantitative estimate of drug-likeness (QED) is 0.788. The fourth-order valence-electron chi connectivity index (χ4n) is 2.39. The van der Waals surface area contributed by atoms with Crippen LogP contribution in [0.3, 0.4) is 0 Å². The molecule has 0 fully saturated rings. The summed E-state index contributed by atoms with van der Waals surface area (Å²) in [6.45, 7) is 4.81. The zero-order chi connectivity index (χ0) is 17.6. The highest BCUT2D eigenvalue weighted by molar-refractivity contribution is 5.84. The van der Waals surface area contributed by atoms with Gasteiger partial charge in [-0.2, -0.15) is 0 Å². The molecule has 1 amide bonds. The lowest BCUT2D eigenvalue weighted by Crippen LogP contribution is -2.19. The number of benzene rings is 2. The van der Waals surface area contributed by atoms with Crippen molar-refractivity contribution in [2.45, 2.75) is 19.3 Å². The molecule has 0 atom stereocenters. The summed E-state index contributed by atoms with van der Waals surface area (Å²) >= 11 is 0. The van der Waals surface area contributed by atoms with Crippen molar-refractivity contribution in [1.29, 1.82) is 0 Å². The molecule has 24 heavy (non-hydrogen) atoms. The van der Waals surface area contributed by atoms with Gasteiger partial charge in [0.1, 0.15) is 12.4 Å². The molecule has 0 bridgehead atoms. The number of phenolic OH excluding ortho intramolecular Hbond substituents is 1. The topological polar surface area (TPSA) is 67.8 Å². The van der Waals surface area contributed by atoms with Crippen molar-refractivity contribution in [1.82, 2.24) is 0 Å². The Labute approximate surface area is 142 Å². The van der Waals surface area contributed by atoms with Gasteiger partial charge in [0.2, 0.25) is 0 Å². The summed E-state index contributed by atoms with van der Waals surface area (Å²) < 4.78 is 9.79. The van der Waals surface area contributed by atoms with Gasteiger partial charge in [0.25, 0.3) is 0 Å². The number of hydrogen-bond acceptors (Lipinski definition) is 4. The van der Waals surface area contributed by atoms with Crippen molar-refractivity contribution in [3.05, 3.63) is 59.7 Å². The number of carbonyl (C=O) groups is 1. The van der Waals surface area contributed by atoms with Gasteiger partial charge < -0.3 is 14.6 Å². The lowest BCUT2D eigenvalue weighted by molar-refractivity contribution is 0.107. The average molecular weight is 329 g/mol. The Hall–Kier alpha value is -2.53. The standard InChI is InChI=1S/C19H23NO4/c1-19(2,15-6-10-17(21)11-7-15)14-4-8-16(9-5-14)20-18(22)24-13-12-23-3/h4-11,21H,12-13H2,1-3H3,(H,20,22). The first-order valence-electron chi connectivity index (χ1n) is 7.76. The number of ether oxygens (including phenoxy) is 2. The number of carbonyl (C=O) groups excluding carboxylic acids is 1. The van der Waals surface area contributed by atoms with Crippen molar-refractivity contribution < 1.29 is 19.4 Å². The van der Waals surface area contributed by atoms with Gasteiger partial charge in [-0.3, -0.25) is 5.32 Å². The molecule has 2 rings (SSSR count). The minimum absolute atomic E-state index is 0.217. The maximum absolute atomic E-state index is 11.6. The third kappa shape index (κ3) is 4.49. The molecule has 0 heterocycles. The van der Waals surface area contributed by atoms with E-state index in [1.807, 2.05) is 36.4 Å². The van der Waals surface area contributed by atoms with Gasteiger partial charge in [0, 0.05) is 18.2 Å². The van der Waals surface area contributed by atoms with Crippen LogP contribution < -0.4 is 5.32 Å². The van der Waals surface area contributed by atoms with Crippen molar-refractivity contribution in [3.63, 3.8) is 0 Å². The average Bonchev–Trinajstić information content (AvgIpc) is 2.56. The van der Waals surface area contributed by atoms with Crippen molar-refractivity contribution >= 4 is 11.8 Å². The number of amides is 1. The van der Waals surface area contributed by atoms with E-state index in [4.69, 9.17) is 9.47 Å². The molecule has 2 aromatic rings. The van der Waals surface area contributed by atoms with Gasteiger partial charge in [-0.25, -0.2) is 4.79 Å². The number of anilines is 1. The number of phenols is 1. The van der Waals surface area contributed by atoms with Crippen molar-refractivity contribution in [3.8, 4) is 5.75 Å². The van der Waals surface area contributed by atoms with Crippen LogP contribution in [0.25, 0.3) is 0 Å². The second-order valence-electron chi connectivity index (χ2n) is 6.00. The molecule has 5 nitrogen and oxygen atoms in total. The molecular formula is C19H23NO4. The van der Waals surface area contributed by atoms with E-state index in [1.54, 1.807) is 19.2 Å². The Balaban J connectivity index is 2.05. The molecule has 0 spiro atoms. The van der Waals surface area contributed by atoms with Gasteiger partial charge in [0.05, 0.1) is 6.61 Å². The second-order valence-corrected chi connectivity index (χ2v) is 6.00. The molecule has 5 heteroatoms. The number of methoxy groups -OCH3 is 1. The van der Waals surface area contributed by atoms with E-state index in [1.165, 1.54) is 0 Å². The Kier molecular flexibility index (Phi) is 5.82. The minimum Gasteiger partial charge on any atom is -0.508 e. The number of aromatic hydroxyl groups is 1. The molecule has 0 saturated heterocycles. The van der Waals surface area contributed by atoms with E-state index in [2.05, 4.69) is 19.2 Å². The third-order valence-electron chi connectivity index (χ3n) is 3.96. The van der Waals surface area contributed by atoms with Crippen molar-refractivity contribution in [2.75, 3.05) is 25.6 Å². The summed E-state index contributed by atoms with van der Waals surface area (Å²) in [5, 5.41) is 12.1. The van der Waals surface area contributed by atoms with E-state index < -0.39 is 6.09 Å². The van der Waals surface area contributed by atoms with Crippen LogP contribution in [-0.4, -0.2) is 31.5 Å². The maximum Gasteiger partial charge on any atom is 0.411 e. The van der Waals surface area contributed by atoms with Crippen LogP contribution in [-0.2, 0) is 14.9 Å². The third-order valence-corrected chi connectivity index (χ3v) is 3.96. The monoisotopic (exact) mass is 329 g/mol. The summed E-state index contributed by atoms with van der Waals surface area (Å²) in [5.41, 5.74) is 2.65. The Morgan fingerprint density at radius 1 is 1.00 bits per heavy atom. The molecule has 2 N–H and O–H groups in total. The first kappa shape index (κ1) is 17.8. The molecule has 2 aromatic carbocycles. The zero-order valence-electron chi connectivity index (χ0n) is 14.2. The highest BCUT2D eigenvalue weighted by Gasteiger charge is 2.23. The largest absolute Gasteiger partial charge is 0.508 e. The van der Waals surface area contributed by atoms with Crippen LogP contribution in [0.15, 0.2) is 48.5 Å². The normalized spacial score (nSPS) is 11.1. The van der Waals surface area contributed by atoms with E-state index in [0.717, 1.165) is 11.1 Å². The van der Waals surface area contributed by atoms with Crippen molar-refractivity contribution in [2.24, 2.45) is 0 Å². The zero-order valence-corrected chi connectivity index (χ0v) is 14.2. The number of nitrogens with one attached hydrogen (secondary N) is 1. The van der Waals surface area contributed by atoms with E-state index in [0.29, 0.717) is 12.3 Å². The van der Waals surface area contributed by atoms with E-state index >= 15 is 0 Å². The van der Waals surface area contributed by atoms with Gasteiger partial charge >= 0.3 is 6.09 Å². The predicted molar refractivity (Wildman–Crippen MR) is 93.5 cm³/mol. The molecule has 0 aliphatic carbocycles. The first-order chi connectivity index (χ1) is 11.4. The molecule has 0 radical (unpaired) electrons. The summed E-state index contributed by atoms with van der Waals surface area (Å²) in [4.78, 5) is 11.6. The van der Waals surface area contributed by atoms with Gasteiger partial charge in [-0.05, 0) is 35.4 Å². The van der Waals surface area contributed by atoms with Crippen LogP contribution in [0.1, 0.15) is 25.0 Å². The highest BCUT2D eigenvalue weighted by atomic mass is 16.6. The Morgan fingerprint density at radius 2 is 1.54 bits per heavy atom.